The van der Waals surface area contributed by atoms with E-state index >= 15 is 0 Å². The predicted octanol–water partition coefficient (Wildman–Crippen LogP) is 2.26. The van der Waals surface area contributed by atoms with Gasteiger partial charge in [-0.3, -0.25) is 9.69 Å². The van der Waals surface area contributed by atoms with Crippen LogP contribution in [0.1, 0.15) is 25.3 Å². The summed E-state index contributed by atoms with van der Waals surface area (Å²) in [4.78, 5) is 13.4. The molecule has 1 aliphatic heterocycles. The van der Waals surface area contributed by atoms with Crippen LogP contribution in [0.25, 0.3) is 11.5 Å². The third-order valence-electron chi connectivity index (χ3n) is 4.04. The van der Waals surface area contributed by atoms with E-state index in [1.54, 1.807) is 12.1 Å². The zero-order valence-electron chi connectivity index (χ0n) is 12.2. The lowest BCUT2D eigenvalue weighted by Gasteiger charge is -2.20. The molecule has 1 aromatic carbocycles. The number of carbonyl (C=O) groups is 1. The Bertz CT molecular complexity index is 688. The highest BCUT2D eigenvalue weighted by Gasteiger charge is 2.32. The third kappa shape index (κ3) is 2.98. The normalized spacial score (nSPS) is 20.2. The minimum atomic E-state index is -0.250. The third-order valence-corrected chi connectivity index (χ3v) is 4.27. The van der Waals surface area contributed by atoms with Gasteiger partial charge in [0.25, 0.3) is 0 Å². The molecular weight excluding hydrogens is 304 g/mol. The van der Waals surface area contributed by atoms with Crippen molar-refractivity contribution in [3.63, 3.8) is 0 Å². The van der Waals surface area contributed by atoms with E-state index in [0.29, 0.717) is 23.3 Å². The van der Waals surface area contributed by atoms with Crippen molar-refractivity contribution in [2.24, 2.45) is 11.7 Å². The highest BCUT2D eigenvalue weighted by molar-refractivity contribution is 6.30. The number of aromatic nitrogens is 2. The minimum absolute atomic E-state index is 0.0511. The van der Waals surface area contributed by atoms with Crippen molar-refractivity contribution in [2.45, 2.75) is 19.4 Å². The molecule has 0 aliphatic carbocycles. The number of hydrogen-bond acceptors (Lipinski definition) is 5. The van der Waals surface area contributed by atoms with Gasteiger partial charge in [-0.1, -0.05) is 17.7 Å². The average molecular weight is 321 g/mol. The number of carbonyl (C=O) groups excluding carboxylic acids is 1. The summed E-state index contributed by atoms with van der Waals surface area (Å²) >= 11 is 5.97. The first-order valence-electron chi connectivity index (χ1n) is 7.17. The lowest BCUT2D eigenvalue weighted by atomic mass is 10.1. The topological polar surface area (TPSA) is 85.2 Å². The van der Waals surface area contributed by atoms with Crippen LogP contribution in [0.15, 0.2) is 28.7 Å². The van der Waals surface area contributed by atoms with Gasteiger partial charge < -0.3 is 10.2 Å². The first-order valence-corrected chi connectivity index (χ1v) is 7.55. The summed E-state index contributed by atoms with van der Waals surface area (Å²) in [5.74, 6) is 0.618. The zero-order valence-corrected chi connectivity index (χ0v) is 13.0. The molecule has 0 spiro atoms. The van der Waals surface area contributed by atoms with Gasteiger partial charge >= 0.3 is 0 Å². The first kappa shape index (κ1) is 15.0. The maximum absolute atomic E-state index is 11.3. The number of rotatable bonds is 4. The molecule has 7 heteroatoms. The monoisotopic (exact) mass is 320 g/mol. The summed E-state index contributed by atoms with van der Waals surface area (Å²) in [7, 11) is 0. The molecule has 2 atom stereocenters. The van der Waals surface area contributed by atoms with Gasteiger partial charge in [-0.25, -0.2) is 0 Å². The van der Waals surface area contributed by atoms with Crippen LogP contribution in [-0.4, -0.2) is 34.1 Å². The number of amides is 1. The van der Waals surface area contributed by atoms with Crippen molar-refractivity contribution in [2.75, 3.05) is 13.1 Å². The van der Waals surface area contributed by atoms with E-state index in [4.69, 9.17) is 21.8 Å². The summed E-state index contributed by atoms with van der Waals surface area (Å²) in [6.45, 7) is 3.41. The van der Waals surface area contributed by atoms with Crippen LogP contribution in [-0.2, 0) is 4.79 Å². The molecule has 1 amide bonds. The van der Waals surface area contributed by atoms with E-state index in [1.165, 1.54) is 0 Å². The van der Waals surface area contributed by atoms with Crippen LogP contribution < -0.4 is 5.73 Å². The molecule has 1 saturated heterocycles. The summed E-state index contributed by atoms with van der Waals surface area (Å²) in [6.07, 6.45) is 0.773. The molecule has 0 radical (unpaired) electrons. The average Bonchev–Trinajstić information content (AvgIpc) is 3.16. The molecule has 0 bridgehead atoms. The zero-order chi connectivity index (χ0) is 15.7. The fourth-order valence-corrected chi connectivity index (χ4v) is 2.86. The van der Waals surface area contributed by atoms with Crippen molar-refractivity contribution in [1.82, 2.24) is 15.1 Å². The quantitative estimate of drug-likeness (QED) is 0.934. The van der Waals surface area contributed by atoms with Gasteiger partial charge in [-0.15, -0.1) is 10.2 Å². The predicted molar refractivity (Wildman–Crippen MR) is 82.0 cm³/mol. The highest BCUT2D eigenvalue weighted by atomic mass is 35.5. The lowest BCUT2D eigenvalue weighted by molar-refractivity contribution is -0.121. The van der Waals surface area contributed by atoms with Gasteiger partial charge in [-0.05, 0) is 38.1 Å². The summed E-state index contributed by atoms with van der Waals surface area (Å²) in [5, 5.41) is 8.82. The molecular formula is C15H17ClN4O2. The Labute approximate surface area is 133 Å². The number of likely N-dealkylation sites (tertiary alicyclic amines) is 1. The highest BCUT2D eigenvalue weighted by Crippen LogP contribution is 2.29. The molecule has 0 unspecified atom stereocenters. The Balaban J connectivity index is 1.75. The Morgan fingerprint density at radius 1 is 1.50 bits per heavy atom. The maximum Gasteiger partial charge on any atom is 0.247 e. The molecule has 2 N–H and O–H groups in total. The van der Waals surface area contributed by atoms with Crippen molar-refractivity contribution in [3.8, 4) is 11.5 Å². The van der Waals surface area contributed by atoms with Crippen LogP contribution in [0.2, 0.25) is 5.02 Å². The van der Waals surface area contributed by atoms with Crippen molar-refractivity contribution in [3.05, 3.63) is 35.2 Å². The second-order valence-corrected chi connectivity index (χ2v) is 5.95. The van der Waals surface area contributed by atoms with E-state index in [-0.39, 0.29) is 17.9 Å². The number of halogens is 1. The molecule has 0 saturated carbocycles. The Morgan fingerprint density at radius 3 is 3.00 bits per heavy atom. The molecule has 1 aromatic heterocycles. The molecule has 22 heavy (non-hydrogen) atoms. The van der Waals surface area contributed by atoms with Crippen LogP contribution in [0, 0.1) is 5.92 Å². The Kier molecular flexibility index (Phi) is 4.13. The van der Waals surface area contributed by atoms with E-state index in [0.717, 1.165) is 18.5 Å². The van der Waals surface area contributed by atoms with Crippen molar-refractivity contribution >= 4 is 17.5 Å². The van der Waals surface area contributed by atoms with Crippen LogP contribution in [0.3, 0.4) is 0 Å². The van der Waals surface area contributed by atoms with Crippen LogP contribution in [0.4, 0.5) is 0 Å². The first-order chi connectivity index (χ1) is 10.5. The van der Waals surface area contributed by atoms with Crippen LogP contribution >= 0.6 is 11.6 Å². The minimum Gasteiger partial charge on any atom is -0.419 e. The molecule has 2 aromatic rings. The Morgan fingerprint density at radius 2 is 2.32 bits per heavy atom. The Hall–Kier alpha value is -1.92. The maximum atomic E-state index is 11.3. The molecule has 2 heterocycles. The van der Waals surface area contributed by atoms with Gasteiger partial charge in [0.05, 0.1) is 12.0 Å². The van der Waals surface area contributed by atoms with E-state index < -0.39 is 0 Å². The summed E-state index contributed by atoms with van der Waals surface area (Å²) < 4.78 is 5.76. The van der Waals surface area contributed by atoms with Crippen molar-refractivity contribution in [1.29, 1.82) is 0 Å². The number of primary amides is 1. The van der Waals surface area contributed by atoms with E-state index in [2.05, 4.69) is 15.1 Å². The van der Waals surface area contributed by atoms with Gasteiger partial charge in [0.2, 0.25) is 17.7 Å². The smallest absolute Gasteiger partial charge is 0.247 e. The number of nitrogens with zero attached hydrogens (tertiary/aromatic N) is 3. The molecule has 1 fully saturated rings. The summed E-state index contributed by atoms with van der Waals surface area (Å²) in [5.41, 5.74) is 6.15. The number of benzene rings is 1. The van der Waals surface area contributed by atoms with Gasteiger partial charge in [0.1, 0.15) is 0 Å². The number of nitrogens with two attached hydrogens (primary N) is 1. The van der Waals surface area contributed by atoms with Gasteiger partial charge in [-0.2, -0.15) is 0 Å². The largest absolute Gasteiger partial charge is 0.419 e. The molecule has 3 rings (SSSR count). The van der Waals surface area contributed by atoms with Gasteiger partial charge in [0.15, 0.2) is 0 Å². The lowest BCUT2D eigenvalue weighted by Crippen LogP contribution is -2.29. The fraction of sp³-hybridized carbons (Fsp3) is 0.400. The van der Waals surface area contributed by atoms with E-state index in [9.17, 15) is 4.79 Å². The molecule has 116 valence electrons. The molecule has 6 nitrogen and oxygen atoms in total. The van der Waals surface area contributed by atoms with Crippen LogP contribution in [0.5, 0.6) is 0 Å². The van der Waals surface area contributed by atoms with E-state index in [1.807, 2.05) is 19.1 Å². The van der Waals surface area contributed by atoms with Gasteiger partial charge in [0, 0.05) is 17.1 Å². The second kappa shape index (κ2) is 6.06. The van der Waals surface area contributed by atoms with Crippen molar-refractivity contribution < 1.29 is 9.21 Å². The second-order valence-electron chi connectivity index (χ2n) is 5.51. The summed E-state index contributed by atoms with van der Waals surface area (Å²) in [6, 6.07) is 7.22. The SMILES string of the molecule is C[C@@H](c1nnc(-c2cccc(Cl)c2)o1)N1CC[C@H](C(N)=O)C1. The standard InChI is InChI=1S/C15H17ClN4O2/c1-9(20-6-5-11(8-20)13(17)21)14-18-19-15(22-14)10-3-2-4-12(16)7-10/h2-4,7,9,11H,5-6,8H2,1H3,(H2,17,21)/t9-,11-/m0/s1. The molecule has 1 aliphatic rings. The fourth-order valence-electron chi connectivity index (χ4n) is 2.67. The number of hydrogen-bond donors (Lipinski definition) is 1.